The lowest BCUT2D eigenvalue weighted by Gasteiger charge is -2.11. The van der Waals surface area contributed by atoms with Crippen LogP contribution in [0.2, 0.25) is 5.02 Å². The van der Waals surface area contributed by atoms with E-state index in [2.05, 4.69) is 26.0 Å². The lowest BCUT2D eigenvalue weighted by atomic mass is 10.2. The molecule has 2 rings (SSSR count). The second-order valence-electron chi connectivity index (χ2n) is 4.82. The van der Waals surface area contributed by atoms with Crippen molar-refractivity contribution in [3.63, 3.8) is 0 Å². The van der Waals surface area contributed by atoms with E-state index >= 15 is 0 Å². The summed E-state index contributed by atoms with van der Waals surface area (Å²) in [7, 11) is 0. The van der Waals surface area contributed by atoms with Crippen LogP contribution in [0.5, 0.6) is 0 Å². The fraction of sp³-hybridized carbons (Fsp3) is 0.125. The zero-order valence-electron chi connectivity index (χ0n) is 12.8. The predicted molar refractivity (Wildman–Crippen MR) is 91.5 cm³/mol. The van der Waals surface area contributed by atoms with Crippen molar-refractivity contribution in [3.05, 3.63) is 57.4 Å². The molecule has 138 valence electrons. The molecule has 1 aromatic heterocycles. The van der Waals surface area contributed by atoms with Crippen LogP contribution in [-0.2, 0) is 20.5 Å². The SMILES string of the molecule is O=C(COC(=O)/C=C/c1ccc(Br)o1)Nc1cc(C(F)(F)F)ccc1Cl. The molecule has 0 saturated carbocycles. The number of halogens is 5. The monoisotopic (exact) mass is 451 g/mol. The normalized spacial score (nSPS) is 11.6. The molecule has 0 fully saturated rings. The van der Waals surface area contributed by atoms with Crippen LogP contribution in [0.3, 0.4) is 0 Å². The summed E-state index contributed by atoms with van der Waals surface area (Å²) < 4.78 is 48.3. The summed E-state index contributed by atoms with van der Waals surface area (Å²) in [6.45, 7) is -0.697. The smallest absolute Gasteiger partial charge is 0.416 e. The molecular formula is C16H10BrClF3NO4. The lowest BCUT2D eigenvalue weighted by Crippen LogP contribution is -2.20. The highest BCUT2D eigenvalue weighted by atomic mass is 79.9. The molecule has 0 radical (unpaired) electrons. The third kappa shape index (κ3) is 5.92. The largest absolute Gasteiger partial charge is 0.452 e. The van der Waals surface area contributed by atoms with E-state index in [1.165, 1.54) is 6.08 Å². The van der Waals surface area contributed by atoms with E-state index in [1.807, 2.05) is 0 Å². The van der Waals surface area contributed by atoms with E-state index in [0.717, 1.165) is 18.2 Å². The lowest BCUT2D eigenvalue weighted by molar-refractivity contribution is -0.142. The molecule has 0 saturated heterocycles. The molecule has 1 amide bonds. The maximum absolute atomic E-state index is 12.7. The molecule has 0 aliphatic carbocycles. The van der Waals surface area contributed by atoms with Crippen LogP contribution < -0.4 is 5.32 Å². The quantitative estimate of drug-likeness (QED) is 0.517. The second-order valence-corrected chi connectivity index (χ2v) is 6.01. The summed E-state index contributed by atoms with van der Waals surface area (Å²) >= 11 is 8.85. The van der Waals surface area contributed by atoms with Gasteiger partial charge in [0.05, 0.1) is 16.3 Å². The summed E-state index contributed by atoms with van der Waals surface area (Å²) in [5, 5.41) is 2.08. The Bertz CT molecular complexity index is 848. The molecule has 26 heavy (non-hydrogen) atoms. The Morgan fingerprint density at radius 3 is 2.62 bits per heavy atom. The minimum absolute atomic E-state index is 0.0824. The van der Waals surface area contributed by atoms with Gasteiger partial charge in [-0.15, -0.1) is 0 Å². The molecule has 10 heteroatoms. The Morgan fingerprint density at radius 2 is 2.00 bits per heavy atom. The van der Waals surface area contributed by atoms with Crippen molar-refractivity contribution in [1.82, 2.24) is 0 Å². The summed E-state index contributed by atoms with van der Waals surface area (Å²) in [6.07, 6.45) is -2.22. The van der Waals surface area contributed by atoms with Gasteiger partial charge in [-0.1, -0.05) is 11.6 Å². The van der Waals surface area contributed by atoms with E-state index in [9.17, 15) is 22.8 Å². The number of ether oxygens (including phenoxy) is 1. The third-order valence-electron chi connectivity index (χ3n) is 2.89. The maximum atomic E-state index is 12.7. The molecule has 0 aliphatic heterocycles. The zero-order valence-corrected chi connectivity index (χ0v) is 15.1. The fourth-order valence-electron chi connectivity index (χ4n) is 1.74. The number of rotatable bonds is 5. The average molecular weight is 453 g/mol. The molecule has 0 bridgehead atoms. The average Bonchev–Trinajstić information content (AvgIpc) is 2.97. The van der Waals surface area contributed by atoms with Gasteiger partial charge in [-0.25, -0.2) is 4.79 Å². The molecular weight excluding hydrogens is 443 g/mol. The van der Waals surface area contributed by atoms with Gasteiger partial charge in [0.25, 0.3) is 5.91 Å². The van der Waals surface area contributed by atoms with Crippen molar-refractivity contribution < 1.29 is 31.9 Å². The van der Waals surface area contributed by atoms with Crippen LogP contribution >= 0.6 is 27.5 Å². The Morgan fingerprint density at radius 1 is 1.27 bits per heavy atom. The first-order valence-electron chi connectivity index (χ1n) is 6.92. The summed E-state index contributed by atoms with van der Waals surface area (Å²) in [4.78, 5) is 23.2. The molecule has 0 aliphatic rings. The summed E-state index contributed by atoms with van der Waals surface area (Å²) in [5.74, 6) is -1.29. The van der Waals surface area contributed by atoms with Gasteiger partial charge in [0.1, 0.15) is 5.76 Å². The van der Waals surface area contributed by atoms with Crippen LogP contribution in [0.15, 0.2) is 45.5 Å². The molecule has 1 N–H and O–H groups in total. The first kappa shape index (κ1) is 20.1. The Labute approximate surface area is 158 Å². The van der Waals surface area contributed by atoms with Crippen molar-refractivity contribution in [2.75, 3.05) is 11.9 Å². The summed E-state index contributed by atoms with van der Waals surface area (Å²) in [5.41, 5.74) is -1.21. The molecule has 0 unspecified atom stereocenters. The fourth-order valence-corrected chi connectivity index (χ4v) is 2.22. The highest BCUT2D eigenvalue weighted by Gasteiger charge is 2.31. The van der Waals surface area contributed by atoms with Crippen LogP contribution in [0.1, 0.15) is 11.3 Å². The van der Waals surface area contributed by atoms with Crippen LogP contribution in [-0.4, -0.2) is 18.5 Å². The van der Waals surface area contributed by atoms with E-state index in [1.54, 1.807) is 12.1 Å². The molecule has 0 spiro atoms. The van der Waals surface area contributed by atoms with Crippen LogP contribution in [0.4, 0.5) is 18.9 Å². The Kier molecular flexibility index (Phi) is 6.49. The topological polar surface area (TPSA) is 68.5 Å². The van der Waals surface area contributed by atoms with Crippen molar-refractivity contribution in [1.29, 1.82) is 0 Å². The van der Waals surface area contributed by atoms with Crippen molar-refractivity contribution in [2.45, 2.75) is 6.18 Å². The number of alkyl halides is 3. The number of amides is 1. The Hall–Kier alpha value is -2.26. The van der Waals surface area contributed by atoms with Gasteiger partial charge in [0.15, 0.2) is 11.3 Å². The van der Waals surface area contributed by atoms with E-state index in [4.69, 9.17) is 16.0 Å². The first-order chi connectivity index (χ1) is 12.1. The minimum Gasteiger partial charge on any atom is -0.452 e. The van der Waals surface area contributed by atoms with Crippen molar-refractivity contribution in [3.8, 4) is 0 Å². The number of anilines is 1. The molecule has 0 atom stereocenters. The van der Waals surface area contributed by atoms with Gasteiger partial charge in [-0.2, -0.15) is 13.2 Å². The van der Waals surface area contributed by atoms with Crippen LogP contribution in [0, 0.1) is 0 Å². The van der Waals surface area contributed by atoms with E-state index in [-0.39, 0.29) is 10.7 Å². The number of furan rings is 1. The van der Waals surface area contributed by atoms with Gasteiger partial charge in [-0.3, -0.25) is 4.79 Å². The standard InChI is InChI=1S/C16H10BrClF3NO4/c17-13-5-2-10(26-13)3-6-15(24)25-8-14(23)22-12-7-9(16(19,20)21)1-4-11(12)18/h1-7H,8H2,(H,22,23)/b6-3+. The second kappa shape index (κ2) is 8.41. The van der Waals surface area contributed by atoms with Gasteiger partial charge in [-0.05, 0) is 52.3 Å². The van der Waals surface area contributed by atoms with E-state index < -0.39 is 30.2 Å². The third-order valence-corrected chi connectivity index (χ3v) is 3.65. The van der Waals surface area contributed by atoms with Gasteiger partial charge < -0.3 is 14.5 Å². The van der Waals surface area contributed by atoms with Gasteiger partial charge in [0, 0.05) is 6.08 Å². The first-order valence-corrected chi connectivity index (χ1v) is 8.09. The number of benzene rings is 1. The molecule has 1 heterocycles. The van der Waals surface area contributed by atoms with Gasteiger partial charge >= 0.3 is 12.1 Å². The van der Waals surface area contributed by atoms with Crippen molar-refractivity contribution in [2.24, 2.45) is 0 Å². The minimum atomic E-state index is -4.58. The molecule has 2 aromatic rings. The zero-order chi connectivity index (χ0) is 19.3. The molecule has 1 aromatic carbocycles. The molecule has 5 nitrogen and oxygen atoms in total. The van der Waals surface area contributed by atoms with Crippen molar-refractivity contribution >= 4 is 51.2 Å². The predicted octanol–water partition coefficient (Wildman–Crippen LogP) is 4.91. The number of esters is 1. The number of nitrogens with one attached hydrogen (secondary N) is 1. The number of hydrogen-bond acceptors (Lipinski definition) is 4. The summed E-state index contributed by atoms with van der Waals surface area (Å²) in [6, 6.07) is 5.70. The highest BCUT2D eigenvalue weighted by Crippen LogP contribution is 2.33. The number of hydrogen-bond donors (Lipinski definition) is 1. The highest BCUT2D eigenvalue weighted by molar-refractivity contribution is 9.10. The van der Waals surface area contributed by atoms with Crippen LogP contribution in [0.25, 0.3) is 6.08 Å². The van der Waals surface area contributed by atoms with E-state index in [0.29, 0.717) is 16.5 Å². The Balaban J connectivity index is 1.90. The van der Waals surface area contributed by atoms with Gasteiger partial charge in [0.2, 0.25) is 0 Å². The number of carbonyl (C=O) groups excluding carboxylic acids is 2. The number of carbonyl (C=O) groups is 2. The maximum Gasteiger partial charge on any atom is 0.416 e.